The smallest absolute Gasteiger partial charge is 0.316 e. The highest BCUT2D eigenvalue weighted by Gasteiger charge is 2.62. The average Bonchev–Trinajstić information content (AvgIpc) is 3.45. The summed E-state index contributed by atoms with van der Waals surface area (Å²) >= 11 is 0. The Morgan fingerprint density at radius 1 is 1.00 bits per heavy atom. The van der Waals surface area contributed by atoms with Crippen LogP contribution < -0.4 is 4.90 Å². The maximum absolute atomic E-state index is 12.8. The Morgan fingerprint density at radius 3 is 2.26 bits per heavy atom. The second-order valence-electron chi connectivity index (χ2n) is 7.58. The van der Waals surface area contributed by atoms with E-state index in [2.05, 4.69) is 52.3 Å². The third-order valence-electron chi connectivity index (χ3n) is 6.01. The molecule has 4 heteroatoms. The molecule has 2 atom stereocenters. The molecule has 0 aromatic heterocycles. The van der Waals surface area contributed by atoms with Gasteiger partial charge in [0.05, 0.1) is 12.0 Å². The van der Waals surface area contributed by atoms with Crippen molar-refractivity contribution in [2.45, 2.75) is 18.8 Å². The van der Waals surface area contributed by atoms with Gasteiger partial charge in [-0.2, -0.15) is 0 Å². The lowest BCUT2D eigenvalue weighted by Crippen LogP contribution is -2.47. The largest absolute Gasteiger partial charge is 0.465 e. The summed E-state index contributed by atoms with van der Waals surface area (Å²) in [5, 5.41) is 0. The van der Waals surface area contributed by atoms with Crippen LogP contribution >= 0.6 is 0 Å². The minimum atomic E-state index is -0.437. The van der Waals surface area contributed by atoms with E-state index in [-0.39, 0.29) is 5.97 Å². The summed E-state index contributed by atoms with van der Waals surface area (Å²) in [5.74, 6) is 0.298. The molecule has 1 saturated heterocycles. The van der Waals surface area contributed by atoms with Crippen molar-refractivity contribution in [3.8, 4) is 0 Å². The number of para-hydroxylation sites is 1. The molecule has 4 rings (SSSR count). The fourth-order valence-corrected chi connectivity index (χ4v) is 4.41. The predicted molar refractivity (Wildman–Crippen MR) is 108 cm³/mol. The highest BCUT2D eigenvalue weighted by Crippen LogP contribution is 2.55. The zero-order chi connectivity index (χ0) is 18.7. The van der Waals surface area contributed by atoms with Crippen LogP contribution in [0.1, 0.15) is 18.9 Å². The number of piperazine rings is 1. The lowest BCUT2D eigenvalue weighted by molar-refractivity contribution is -0.146. The van der Waals surface area contributed by atoms with Crippen molar-refractivity contribution < 1.29 is 9.53 Å². The molecule has 2 unspecified atom stereocenters. The van der Waals surface area contributed by atoms with Crippen LogP contribution in [0.5, 0.6) is 0 Å². The molecule has 0 bridgehead atoms. The van der Waals surface area contributed by atoms with Gasteiger partial charge in [-0.3, -0.25) is 9.69 Å². The monoisotopic (exact) mass is 364 g/mol. The van der Waals surface area contributed by atoms with E-state index in [1.165, 1.54) is 5.69 Å². The second kappa shape index (κ2) is 7.73. The number of ether oxygens (including phenoxy) is 1. The number of hydrogen-bond acceptors (Lipinski definition) is 4. The topological polar surface area (TPSA) is 32.8 Å². The predicted octanol–water partition coefficient (Wildman–Crippen LogP) is 3.33. The van der Waals surface area contributed by atoms with E-state index in [9.17, 15) is 4.79 Å². The molecule has 2 aromatic rings. The molecule has 0 spiro atoms. The number of benzene rings is 2. The van der Waals surface area contributed by atoms with Gasteiger partial charge in [-0.25, -0.2) is 0 Å². The van der Waals surface area contributed by atoms with Gasteiger partial charge in [-0.05, 0) is 37.0 Å². The van der Waals surface area contributed by atoms with Crippen LogP contribution in [0.3, 0.4) is 0 Å². The van der Waals surface area contributed by atoms with Gasteiger partial charge in [0.25, 0.3) is 0 Å². The Morgan fingerprint density at radius 2 is 1.63 bits per heavy atom. The van der Waals surface area contributed by atoms with E-state index in [4.69, 9.17) is 4.74 Å². The van der Waals surface area contributed by atoms with Crippen molar-refractivity contribution in [1.29, 1.82) is 0 Å². The molecule has 4 nitrogen and oxygen atoms in total. The van der Waals surface area contributed by atoms with Gasteiger partial charge in [0.2, 0.25) is 0 Å². The Bertz CT molecular complexity index is 756. The zero-order valence-corrected chi connectivity index (χ0v) is 16.0. The maximum atomic E-state index is 12.8. The van der Waals surface area contributed by atoms with E-state index >= 15 is 0 Å². The van der Waals surface area contributed by atoms with Crippen LogP contribution in [0.4, 0.5) is 5.69 Å². The normalized spacial score (nSPS) is 25.2. The third kappa shape index (κ3) is 3.59. The number of rotatable bonds is 6. The number of anilines is 1. The van der Waals surface area contributed by atoms with E-state index in [1.54, 1.807) is 0 Å². The molecule has 27 heavy (non-hydrogen) atoms. The highest BCUT2D eigenvalue weighted by atomic mass is 16.5. The molecule has 0 amide bonds. The van der Waals surface area contributed by atoms with E-state index in [1.807, 2.05) is 25.1 Å². The Labute approximate surface area is 161 Å². The number of nitrogens with zero attached hydrogens (tertiary/aromatic N) is 2. The molecule has 0 radical (unpaired) electrons. The third-order valence-corrected chi connectivity index (χ3v) is 6.01. The molecular weight excluding hydrogens is 336 g/mol. The highest BCUT2D eigenvalue weighted by molar-refractivity contribution is 5.87. The van der Waals surface area contributed by atoms with Gasteiger partial charge in [-0.1, -0.05) is 48.5 Å². The molecule has 1 aliphatic heterocycles. The second-order valence-corrected chi connectivity index (χ2v) is 7.58. The van der Waals surface area contributed by atoms with Crippen molar-refractivity contribution in [3.63, 3.8) is 0 Å². The summed E-state index contributed by atoms with van der Waals surface area (Å²) in [6.45, 7) is 7.45. The van der Waals surface area contributed by atoms with Crippen LogP contribution in [0.2, 0.25) is 0 Å². The first-order valence-electron chi connectivity index (χ1n) is 9.99. The van der Waals surface area contributed by atoms with Gasteiger partial charge < -0.3 is 9.64 Å². The molecule has 1 aliphatic carbocycles. The van der Waals surface area contributed by atoms with Crippen molar-refractivity contribution in [2.24, 2.45) is 5.92 Å². The summed E-state index contributed by atoms with van der Waals surface area (Å²) < 4.78 is 5.45. The molecule has 2 fully saturated rings. The summed E-state index contributed by atoms with van der Waals surface area (Å²) in [4.78, 5) is 17.7. The SMILES string of the molecule is CCOC(=O)C1(c2ccccc2)CC1CN1CCN(c2ccccc2)CC1. The fourth-order valence-electron chi connectivity index (χ4n) is 4.41. The van der Waals surface area contributed by atoms with Crippen molar-refractivity contribution in [3.05, 3.63) is 66.2 Å². The summed E-state index contributed by atoms with van der Waals surface area (Å²) in [6, 6.07) is 20.8. The first-order chi connectivity index (χ1) is 13.2. The summed E-state index contributed by atoms with van der Waals surface area (Å²) in [5.41, 5.74) is 1.97. The van der Waals surface area contributed by atoms with Crippen molar-refractivity contribution in [1.82, 2.24) is 4.90 Å². The van der Waals surface area contributed by atoms with E-state index in [0.29, 0.717) is 12.5 Å². The van der Waals surface area contributed by atoms with Gasteiger partial charge in [0, 0.05) is 38.4 Å². The molecular formula is C23H28N2O2. The quantitative estimate of drug-likeness (QED) is 0.736. The standard InChI is InChI=1S/C23H28N2O2/c1-2-27-22(26)23(19-9-5-3-6-10-19)17-20(23)18-24-13-15-25(16-14-24)21-11-7-4-8-12-21/h3-12,20H,2,13-18H2,1H3. The lowest BCUT2D eigenvalue weighted by Gasteiger charge is -2.36. The minimum absolute atomic E-state index is 0.0517. The van der Waals surface area contributed by atoms with Crippen LogP contribution in [0.25, 0.3) is 0 Å². The van der Waals surface area contributed by atoms with Gasteiger partial charge >= 0.3 is 5.97 Å². The lowest BCUT2D eigenvalue weighted by atomic mass is 9.93. The van der Waals surface area contributed by atoms with E-state index in [0.717, 1.165) is 44.7 Å². The number of esters is 1. The van der Waals surface area contributed by atoms with Crippen molar-refractivity contribution in [2.75, 3.05) is 44.2 Å². The fraction of sp³-hybridized carbons (Fsp3) is 0.435. The molecule has 2 aliphatic rings. The minimum Gasteiger partial charge on any atom is -0.465 e. The molecule has 1 heterocycles. The summed E-state index contributed by atoms with van der Waals surface area (Å²) in [7, 11) is 0. The average molecular weight is 364 g/mol. The van der Waals surface area contributed by atoms with Gasteiger partial charge in [-0.15, -0.1) is 0 Å². The zero-order valence-electron chi connectivity index (χ0n) is 16.0. The number of hydrogen-bond donors (Lipinski definition) is 0. The number of carbonyl (C=O) groups excluding carboxylic acids is 1. The van der Waals surface area contributed by atoms with Crippen LogP contribution in [0, 0.1) is 5.92 Å². The maximum Gasteiger partial charge on any atom is 0.316 e. The summed E-state index contributed by atoms with van der Waals surface area (Å²) in [6.07, 6.45) is 0.898. The molecule has 0 N–H and O–H groups in total. The first-order valence-corrected chi connectivity index (χ1v) is 9.99. The molecule has 2 aromatic carbocycles. The van der Waals surface area contributed by atoms with Crippen LogP contribution in [-0.4, -0.2) is 50.2 Å². The Hall–Kier alpha value is -2.33. The molecule has 142 valence electrons. The van der Waals surface area contributed by atoms with Gasteiger partial charge in [0.15, 0.2) is 0 Å². The van der Waals surface area contributed by atoms with Crippen molar-refractivity contribution >= 4 is 11.7 Å². The Balaban J connectivity index is 1.39. The van der Waals surface area contributed by atoms with Crippen LogP contribution in [0.15, 0.2) is 60.7 Å². The van der Waals surface area contributed by atoms with Crippen LogP contribution in [-0.2, 0) is 14.9 Å². The first kappa shape index (κ1) is 18.1. The van der Waals surface area contributed by atoms with E-state index < -0.39 is 5.41 Å². The van der Waals surface area contributed by atoms with Gasteiger partial charge in [0.1, 0.15) is 0 Å². The molecule has 1 saturated carbocycles. The number of carbonyl (C=O) groups is 1. The Kier molecular flexibility index (Phi) is 5.17.